The lowest BCUT2D eigenvalue weighted by Crippen LogP contribution is -2.18. The van der Waals surface area contributed by atoms with Crippen molar-refractivity contribution in [3.63, 3.8) is 0 Å². The van der Waals surface area contributed by atoms with Crippen LogP contribution in [-0.2, 0) is 0 Å². The SMILES string of the molecule is COc1cc2ccccc2cc1C(=O)N/N=C/c1cccnc1. The van der Waals surface area contributed by atoms with E-state index in [2.05, 4.69) is 15.5 Å². The van der Waals surface area contributed by atoms with Crippen LogP contribution in [0.5, 0.6) is 5.75 Å². The second-order valence-corrected chi connectivity index (χ2v) is 4.89. The average Bonchev–Trinajstić information content (AvgIpc) is 2.61. The van der Waals surface area contributed by atoms with E-state index in [1.165, 1.54) is 0 Å². The highest BCUT2D eigenvalue weighted by Gasteiger charge is 2.12. The highest BCUT2D eigenvalue weighted by atomic mass is 16.5. The molecule has 0 aliphatic heterocycles. The first-order valence-electron chi connectivity index (χ1n) is 7.08. The Kier molecular flexibility index (Phi) is 4.29. The number of rotatable bonds is 4. The van der Waals surface area contributed by atoms with Crippen LogP contribution in [-0.4, -0.2) is 24.2 Å². The summed E-state index contributed by atoms with van der Waals surface area (Å²) in [6.07, 6.45) is 4.88. The van der Waals surface area contributed by atoms with Gasteiger partial charge in [-0.2, -0.15) is 5.10 Å². The molecule has 114 valence electrons. The number of carbonyl (C=O) groups excluding carboxylic acids is 1. The average molecular weight is 305 g/mol. The van der Waals surface area contributed by atoms with Crippen molar-refractivity contribution in [2.45, 2.75) is 0 Å². The fourth-order valence-corrected chi connectivity index (χ4v) is 2.24. The summed E-state index contributed by atoms with van der Waals surface area (Å²) >= 11 is 0. The zero-order chi connectivity index (χ0) is 16.1. The lowest BCUT2D eigenvalue weighted by atomic mass is 10.1. The Balaban J connectivity index is 1.84. The molecule has 0 radical (unpaired) electrons. The summed E-state index contributed by atoms with van der Waals surface area (Å²) in [6.45, 7) is 0. The fourth-order valence-electron chi connectivity index (χ4n) is 2.24. The fraction of sp³-hybridized carbons (Fsp3) is 0.0556. The molecule has 5 nitrogen and oxygen atoms in total. The van der Waals surface area contributed by atoms with E-state index in [1.807, 2.05) is 36.4 Å². The zero-order valence-electron chi connectivity index (χ0n) is 12.6. The Morgan fingerprint density at radius 1 is 1.17 bits per heavy atom. The van der Waals surface area contributed by atoms with Crippen LogP contribution < -0.4 is 10.2 Å². The van der Waals surface area contributed by atoms with E-state index in [0.717, 1.165) is 16.3 Å². The minimum atomic E-state index is -0.326. The molecule has 1 N–H and O–H groups in total. The summed E-state index contributed by atoms with van der Waals surface area (Å²) in [5.41, 5.74) is 3.75. The highest BCUT2D eigenvalue weighted by Crippen LogP contribution is 2.25. The van der Waals surface area contributed by atoms with Gasteiger partial charge in [0.05, 0.1) is 18.9 Å². The molecular formula is C18H15N3O2. The van der Waals surface area contributed by atoms with E-state index >= 15 is 0 Å². The van der Waals surface area contributed by atoms with Crippen LogP contribution in [0, 0.1) is 0 Å². The minimum Gasteiger partial charge on any atom is -0.496 e. The van der Waals surface area contributed by atoms with Crippen molar-refractivity contribution in [2.24, 2.45) is 5.10 Å². The largest absolute Gasteiger partial charge is 0.496 e. The second kappa shape index (κ2) is 6.70. The Hall–Kier alpha value is -3.21. The lowest BCUT2D eigenvalue weighted by molar-refractivity contribution is 0.0952. The van der Waals surface area contributed by atoms with Crippen LogP contribution in [0.1, 0.15) is 15.9 Å². The molecule has 5 heteroatoms. The van der Waals surface area contributed by atoms with Gasteiger partial charge in [-0.05, 0) is 29.0 Å². The maximum atomic E-state index is 12.3. The van der Waals surface area contributed by atoms with Crippen LogP contribution in [0.2, 0.25) is 0 Å². The van der Waals surface area contributed by atoms with E-state index in [4.69, 9.17) is 4.74 Å². The summed E-state index contributed by atoms with van der Waals surface area (Å²) in [4.78, 5) is 16.3. The van der Waals surface area contributed by atoms with E-state index in [1.54, 1.807) is 37.9 Å². The molecule has 1 amide bonds. The number of aromatic nitrogens is 1. The van der Waals surface area contributed by atoms with E-state index in [0.29, 0.717) is 11.3 Å². The van der Waals surface area contributed by atoms with Gasteiger partial charge in [-0.15, -0.1) is 0 Å². The number of methoxy groups -OCH3 is 1. The molecule has 0 saturated heterocycles. The van der Waals surface area contributed by atoms with Gasteiger partial charge in [0, 0.05) is 18.0 Å². The third-order valence-electron chi connectivity index (χ3n) is 3.38. The second-order valence-electron chi connectivity index (χ2n) is 4.89. The van der Waals surface area contributed by atoms with E-state index in [-0.39, 0.29) is 5.91 Å². The molecule has 0 bridgehead atoms. The van der Waals surface area contributed by atoms with Crippen molar-refractivity contribution in [1.29, 1.82) is 0 Å². The molecule has 1 aromatic heterocycles. The topological polar surface area (TPSA) is 63.6 Å². The smallest absolute Gasteiger partial charge is 0.275 e. The molecule has 3 rings (SSSR count). The molecule has 3 aromatic rings. The molecule has 2 aromatic carbocycles. The summed E-state index contributed by atoms with van der Waals surface area (Å²) < 4.78 is 5.32. The van der Waals surface area contributed by atoms with Crippen molar-refractivity contribution < 1.29 is 9.53 Å². The first-order chi connectivity index (χ1) is 11.3. The minimum absolute atomic E-state index is 0.326. The number of nitrogens with zero attached hydrogens (tertiary/aromatic N) is 2. The predicted octanol–water partition coefficient (Wildman–Crippen LogP) is 3.01. The van der Waals surface area contributed by atoms with Crippen LogP contribution >= 0.6 is 0 Å². The van der Waals surface area contributed by atoms with Gasteiger partial charge in [0.2, 0.25) is 0 Å². The highest BCUT2D eigenvalue weighted by molar-refractivity contribution is 6.01. The number of hydrazone groups is 1. The van der Waals surface area contributed by atoms with Crippen molar-refractivity contribution >= 4 is 22.9 Å². The van der Waals surface area contributed by atoms with Gasteiger partial charge in [-0.3, -0.25) is 9.78 Å². The Labute approximate surface area is 133 Å². The van der Waals surface area contributed by atoms with Gasteiger partial charge in [0.1, 0.15) is 5.75 Å². The number of benzene rings is 2. The van der Waals surface area contributed by atoms with Crippen molar-refractivity contribution in [3.05, 3.63) is 72.1 Å². The standard InChI is InChI=1S/C18H15N3O2/c1-23-17-10-15-7-3-2-6-14(15)9-16(17)18(22)21-20-12-13-5-4-8-19-11-13/h2-12H,1H3,(H,21,22)/b20-12+. The number of nitrogens with one attached hydrogen (secondary N) is 1. The molecule has 23 heavy (non-hydrogen) atoms. The van der Waals surface area contributed by atoms with Crippen LogP contribution in [0.3, 0.4) is 0 Å². The number of ether oxygens (including phenoxy) is 1. The van der Waals surface area contributed by atoms with Gasteiger partial charge < -0.3 is 4.74 Å². The summed E-state index contributed by atoms with van der Waals surface area (Å²) in [5.74, 6) is 0.186. The van der Waals surface area contributed by atoms with Crippen molar-refractivity contribution in [2.75, 3.05) is 7.11 Å². The summed E-state index contributed by atoms with van der Waals surface area (Å²) in [5, 5.41) is 5.93. The molecule has 0 atom stereocenters. The van der Waals surface area contributed by atoms with Gasteiger partial charge in [0.25, 0.3) is 5.91 Å². The Morgan fingerprint density at radius 3 is 2.65 bits per heavy atom. The molecule has 1 heterocycles. The molecule has 0 unspecified atom stereocenters. The van der Waals surface area contributed by atoms with Crippen molar-refractivity contribution in [1.82, 2.24) is 10.4 Å². The van der Waals surface area contributed by atoms with Gasteiger partial charge >= 0.3 is 0 Å². The van der Waals surface area contributed by atoms with Crippen LogP contribution in [0.15, 0.2) is 66.0 Å². The third kappa shape index (κ3) is 3.35. The summed E-state index contributed by atoms with van der Waals surface area (Å²) in [6, 6.07) is 15.1. The maximum absolute atomic E-state index is 12.3. The quantitative estimate of drug-likeness (QED) is 0.595. The monoisotopic (exact) mass is 305 g/mol. The molecular weight excluding hydrogens is 290 g/mol. The summed E-state index contributed by atoms with van der Waals surface area (Å²) in [7, 11) is 1.54. The maximum Gasteiger partial charge on any atom is 0.275 e. The lowest BCUT2D eigenvalue weighted by Gasteiger charge is -2.09. The first kappa shape index (κ1) is 14.7. The Bertz CT molecular complexity index is 861. The van der Waals surface area contributed by atoms with E-state index in [9.17, 15) is 4.79 Å². The number of carbonyl (C=O) groups is 1. The number of amides is 1. The zero-order valence-corrected chi connectivity index (χ0v) is 12.6. The van der Waals surface area contributed by atoms with Gasteiger partial charge in [0.15, 0.2) is 0 Å². The molecule has 0 aliphatic rings. The Morgan fingerprint density at radius 2 is 1.96 bits per heavy atom. The van der Waals surface area contributed by atoms with Crippen LogP contribution in [0.25, 0.3) is 10.8 Å². The van der Waals surface area contributed by atoms with E-state index < -0.39 is 0 Å². The molecule has 0 saturated carbocycles. The van der Waals surface area contributed by atoms with Crippen LogP contribution in [0.4, 0.5) is 0 Å². The normalized spacial score (nSPS) is 10.8. The number of pyridine rings is 1. The first-order valence-corrected chi connectivity index (χ1v) is 7.08. The number of hydrogen-bond acceptors (Lipinski definition) is 4. The van der Waals surface area contributed by atoms with Crippen molar-refractivity contribution in [3.8, 4) is 5.75 Å². The molecule has 0 spiro atoms. The number of fused-ring (bicyclic) bond motifs is 1. The third-order valence-corrected chi connectivity index (χ3v) is 3.38. The van der Waals surface area contributed by atoms with Gasteiger partial charge in [-0.25, -0.2) is 5.43 Å². The van der Waals surface area contributed by atoms with Gasteiger partial charge in [-0.1, -0.05) is 30.3 Å². The molecule has 0 aliphatic carbocycles. The molecule has 0 fully saturated rings. The predicted molar refractivity (Wildman–Crippen MR) is 89.8 cm³/mol. The number of hydrogen-bond donors (Lipinski definition) is 1.